The normalized spacial score (nSPS) is 12.9. The molecule has 1 unspecified atom stereocenters. The topological polar surface area (TPSA) is 96.9 Å². The lowest BCUT2D eigenvalue weighted by molar-refractivity contribution is 0.0950. The van der Waals surface area contributed by atoms with Crippen LogP contribution in [0.2, 0.25) is 0 Å². The van der Waals surface area contributed by atoms with Crippen LogP contribution in [-0.4, -0.2) is 30.6 Å². The Morgan fingerprint density at radius 1 is 1.63 bits per heavy atom. The SMILES string of the molecule is COc1cc(C(=O)NCC(C)/C(N)=N/O)ccc1F. The predicted molar refractivity (Wildman–Crippen MR) is 67.9 cm³/mol. The van der Waals surface area contributed by atoms with E-state index in [1.54, 1.807) is 6.92 Å². The minimum atomic E-state index is -0.538. The molecule has 0 aliphatic heterocycles. The van der Waals surface area contributed by atoms with Crippen LogP contribution < -0.4 is 15.8 Å². The molecule has 19 heavy (non-hydrogen) atoms. The number of carbonyl (C=O) groups excluding carboxylic acids is 1. The fourth-order valence-electron chi connectivity index (χ4n) is 1.35. The fourth-order valence-corrected chi connectivity index (χ4v) is 1.35. The van der Waals surface area contributed by atoms with Gasteiger partial charge in [0, 0.05) is 18.0 Å². The van der Waals surface area contributed by atoms with Gasteiger partial charge >= 0.3 is 0 Å². The van der Waals surface area contributed by atoms with E-state index in [4.69, 9.17) is 15.7 Å². The molecule has 0 radical (unpaired) electrons. The van der Waals surface area contributed by atoms with Crippen LogP contribution in [0.4, 0.5) is 4.39 Å². The molecule has 104 valence electrons. The van der Waals surface area contributed by atoms with Crippen LogP contribution in [0, 0.1) is 11.7 Å². The molecule has 4 N–H and O–H groups in total. The van der Waals surface area contributed by atoms with E-state index in [1.165, 1.54) is 19.2 Å². The Bertz CT molecular complexity index is 491. The summed E-state index contributed by atoms with van der Waals surface area (Å²) in [6.45, 7) is 1.90. The molecule has 1 rings (SSSR count). The first-order chi connectivity index (χ1) is 8.99. The number of rotatable bonds is 5. The van der Waals surface area contributed by atoms with Gasteiger partial charge in [-0.2, -0.15) is 0 Å². The van der Waals surface area contributed by atoms with Gasteiger partial charge in [0.15, 0.2) is 11.6 Å². The van der Waals surface area contributed by atoms with E-state index < -0.39 is 11.7 Å². The molecule has 1 atom stereocenters. The van der Waals surface area contributed by atoms with Gasteiger partial charge in [0.25, 0.3) is 5.91 Å². The Labute approximate surface area is 110 Å². The third-order valence-electron chi connectivity index (χ3n) is 2.60. The summed E-state index contributed by atoms with van der Waals surface area (Å²) in [6, 6.07) is 3.81. The number of hydrogen-bond donors (Lipinski definition) is 3. The van der Waals surface area contributed by atoms with E-state index in [2.05, 4.69) is 10.5 Å². The Balaban J connectivity index is 2.69. The summed E-state index contributed by atoms with van der Waals surface area (Å²) in [7, 11) is 1.32. The van der Waals surface area contributed by atoms with Gasteiger partial charge in [0.1, 0.15) is 5.84 Å². The van der Waals surface area contributed by atoms with Crippen molar-refractivity contribution in [3.8, 4) is 5.75 Å². The summed E-state index contributed by atoms with van der Waals surface area (Å²) < 4.78 is 18.0. The Morgan fingerprint density at radius 2 is 2.32 bits per heavy atom. The maximum Gasteiger partial charge on any atom is 0.251 e. The van der Waals surface area contributed by atoms with Crippen LogP contribution in [0.3, 0.4) is 0 Å². The lowest BCUT2D eigenvalue weighted by Crippen LogP contribution is -2.34. The molecular formula is C12H16FN3O3. The lowest BCUT2D eigenvalue weighted by Gasteiger charge is -2.11. The largest absolute Gasteiger partial charge is 0.494 e. The molecule has 1 aromatic carbocycles. The molecule has 0 fully saturated rings. The van der Waals surface area contributed by atoms with Gasteiger partial charge in [0.2, 0.25) is 0 Å². The van der Waals surface area contributed by atoms with Crippen LogP contribution in [-0.2, 0) is 0 Å². The predicted octanol–water partition coefficient (Wildman–Crippen LogP) is 0.947. The molecule has 0 aliphatic carbocycles. The van der Waals surface area contributed by atoms with E-state index in [-0.39, 0.29) is 29.6 Å². The zero-order valence-electron chi connectivity index (χ0n) is 10.7. The van der Waals surface area contributed by atoms with E-state index in [9.17, 15) is 9.18 Å². The van der Waals surface area contributed by atoms with Crippen LogP contribution in [0.25, 0.3) is 0 Å². The lowest BCUT2D eigenvalue weighted by atomic mass is 10.1. The van der Waals surface area contributed by atoms with Crippen molar-refractivity contribution >= 4 is 11.7 Å². The number of nitrogens with one attached hydrogen (secondary N) is 1. The molecule has 0 heterocycles. The molecule has 0 spiro atoms. The number of oxime groups is 1. The van der Waals surface area contributed by atoms with Gasteiger partial charge in [-0.1, -0.05) is 12.1 Å². The number of halogens is 1. The third-order valence-corrected chi connectivity index (χ3v) is 2.60. The standard InChI is InChI=1S/C12H16FN3O3/c1-7(11(14)16-18)6-15-12(17)8-3-4-9(13)10(5-8)19-2/h3-5,7,18H,6H2,1-2H3,(H2,14,16)(H,15,17). The second-order valence-corrected chi connectivity index (χ2v) is 3.99. The first-order valence-electron chi connectivity index (χ1n) is 5.58. The summed E-state index contributed by atoms with van der Waals surface area (Å²) >= 11 is 0. The van der Waals surface area contributed by atoms with Gasteiger partial charge in [0.05, 0.1) is 7.11 Å². The van der Waals surface area contributed by atoms with Crippen molar-refractivity contribution in [1.82, 2.24) is 5.32 Å². The first-order valence-corrected chi connectivity index (χ1v) is 5.58. The Hall–Kier alpha value is -2.31. The van der Waals surface area contributed by atoms with Crippen LogP contribution in [0.1, 0.15) is 17.3 Å². The molecule has 0 aliphatic rings. The van der Waals surface area contributed by atoms with E-state index in [0.717, 1.165) is 6.07 Å². The van der Waals surface area contributed by atoms with E-state index >= 15 is 0 Å². The zero-order chi connectivity index (χ0) is 14.4. The third kappa shape index (κ3) is 3.84. The molecule has 7 heteroatoms. The minimum Gasteiger partial charge on any atom is -0.494 e. The highest BCUT2D eigenvalue weighted by atomic mass is 19.1. The van der Waals surface area contributed by atoms with E-state index in [0.29, 0.717) is 0 Å². The number of nitrogens with two attached hydrogens (primary N) is 1. The highest BCUT2D eigenvalue weighted by Crippen LogP contribution is 2.18. The van der Waals surface area contributed by atoms with Crippen LogP contribution in [0.5, 0.6) is 5.75 Å². The van der Waals surface area contributed by atoms with E-state index in [1.807, 2.05) is 0 Å². The highest BCUT2D eigenvalue weighted by molar-refractivity contribution is 5.95. The molecule has 0 saturated carbocycles. The fraction of sp³-hybridized carbons (Fsp3) is 0.333. The van der Waals surface area contributed by atoms with Crippen molar-refractivity contribution < 1.29 is 19.1 Å². The second kappa shape index (κ2) is 6.58. The number of amidine groups is 1. The van der Waals surface area contributed by atoms with Gasteiger partial charge in [-0.05, 0) is 18.2 Å². The van der Waals surface area contributed by atoms with Crippen LogP contribution >= 0.6 is 0 Å². The second-order valence-electron chi connectivity index (χ2n) is 3.99. The summed E-state index contributed by atoms with van der Waals surface area (Å²) in [5, 5.41) is 13.9. The van der Waals surface area contributed by atoms with Crippen LogP contribution in [0.15, 0.2) is 23.4 Å². The molecule has 1 amide bonds. The smallest absolute Gasteiger partial charge is 0.251 e. The number of ether oxygens (including phenoxy) is 1. The molecule has 0 bridgehead atoms. The number of benzene rings is 1. The highest BCUT2D eigenvalue weighted by Gasteiger charge is 2.13. The monoisotopic (exact) mass is 269 g/mol. The Morgan fingerprint density at radius 3 is 2.89 bits per heavy atom. The number of hydrogen-bond acceptors (Lipinski definition) is 4. The average molecular weight is 269 g/mol. The maximum absolute atomic E-state index is 13.2. The molecule has 0 aromatic heterocycles. The van der Waals surface area contributed by atoms with Gasteiger partial charge in [-0.25, -0.2) is 4.39 Å². The number of carbonyl (C=O) groups is 1. The Kier molecular flexibility index (Phi) is 5.11. The van der Waals surface area contributed by atoms with Gasteiger partial charge in [-0.3, -0.25) is 4.79 Å². The van der Waals surface area contributed by atoms with Crippen molar-refractivity contribution in [2.75, 3.05) is 13.7 Å². The van der Waals surface area contributed by atoms with Gasteiger partial charge in [-0.15, -0.1) is 0 Å². The van der Waals surface area contributed by atoms with Crippen molar-refractivity contribution in [1.29, 1.82) is 0 Å². The van der Waals surface area contributed by atoms with Crippen molar-refractivity contribution in [3.63, 3.8) is 0 Å². The quantitative estimate of drug-likeness (QED) is 0.321. The van der Waals surface area contributed by atoms with Crippen molar-refractivity contribution in [2.45, 2.75) is 6.92 Å². The number of amides is 1. The minimum absolute atomic E-state index is 0.00265. The van der Waals surface area contributed by atoms with Crippen molar-refractivity contribution in [2.24, 2.45) is 16.8 Å². The number of nitrogens with zero attached hydrogens (tertiary/aromatic N) is 1. The average Bonchev–Trinajstić information content (AvgIpc) is 2.43. The summed E-state index contributed by atoms with van der Waals surface area (Å²) in [4.78, 5) is 11.8. The number of methoxy groups -OCH3 is 1. The molecular weight excluding hydrogens is 253 g/mol. The summed E-state index contributed by atoms with van der Waals surface area (Å²) in [6.07, 6.45) is 0. The first kappa shape index (κ1) is 14.7. The molecule has 0 saturated heterocycles. The molecule has 6 nitrogen and oxygen atoms in total. The summed E-state index contributed by atoms with van der Waals surface area (Å²) in [5.74, 6) is -1.22. The summed E-state index contributed by atoms with van der Waals surface area (Å²) in [5.41, 5.74) is 5.65. The molecule has 1 aromatic rings. The van der Waals surface area contributed by atoms with Crippen molar-refractivity contribution in [3.05, 3.63) is 29.6 Å². The van der Waals surface area contributed by atoms with Gasteiger partial charge < -0.3 is 21.0 Å². The zero-order valence-corrected chi connectivity index (χ0v) is 10.7. The maximum atomic E-state index is 13.2.